The van der Waals surface area contributed by atoms with Crippen molar-refractivity contribution in [2.45, 2.75) is 19.1 Å². The van der Waals surface area contributed by atoms with Crippen molar-refractivity contribution >= 4 is 11.9 Å². The lowest BCUT2D eigenvalue weighted by atomic mass is 9.90. The van der Waals surface area contributed by atoms with Crippen LogP contribution in [0, 0.1) is 0 Å². The van der Waals surface area contributed by atoms with Crippen LogP contribution >= 0.6 is 0 Å². The Morgan fingerprint density at radius 2 is 2.00 bits per heavy atom. The van der Waals surface area contributed by atoms with E-state index in [9.17, 15) is 9.59 Å². The molecular formula is C11H11NO3. The van der Waals surface area contributed by atoms with Gasteiger partial charge in [0, 0.05) is 6.92 Å². The summed E-state index contributed by atoms with van der Waals surface area (Å²) in [5.74, 6) is -0.858. The van der Waals surface area contributed by atoms with Gasteiger partial charge in [0.25, 0.3) is 0 Å². The first-order chi connectivity index (χ1) is 7.18. The van der Waals surface area contributed by atoms with Crippen molar-refractivity contribution in [2.75, 3.05) is 0 Å². The van der Waals surface area contributed by atoms with Crippen LogP contribution in [0.25, 0.3) is 0 Å². The molecule has 1 aliphatic rings. The molecule has 1 amide bonds. The monoisotopic (exact) mass is 205 g/mol. The summed E-state index contributed by atoms with van der Waals surface area (Å²) in [5, 5.41) is 2.54. The fourth-order valence-corrected chi connectivity index (χ4v) is 1.62. The van der Waals surface area contributed by atoms with E-state index in [0.29, 0.717) is 0 Å². The highest BCUT2D eigenvalue weighted by molar-refractivity contribution is 5.91. The number of amides is 1. The SMILES string of the molecule is CC(=O)O[C@H]1NC(=O)[C@H]1c1ccccc1. The standard InChI is InChI=1S/C11H11NO3/c1-7(13)15-11-9(10(14)12-11)8-5-3-2-4-6-8/h2-6,9,11H,1H3,(H,12,14)/t9-,11-/m1/s1. The maximum Gasteiger partial charge on any atom is 0.304 e. The quantitative estimate of drug-likeness (QED) is 0.573. The maximum absolute atomic E-state index is 11.3. The molecule has 4 heteroatoms. The zero-order valence-corrected chi connectivity index (χ0v) is 8.27. The summed E-state index contributed by atoms with van der Waals surface area (Å²) in [6.45, 7) is 1.33. The smallest absolute Gasteiger partial charge is 0.304 e. The summed E-state index contributed by atoms with van der Waals surface area (Å²) in [7, 11) is 0. The first-order valence-corrected chi connectivity index (χ1v) is 4.71. The van der Waals surface area contributed by atoms with Gasteiger partial charge in [-0.2, -0.15) is 0 Å². The minimum absolute atomic E-state index is 0.104. The molecule has 1 fully saturated rings. The number of hydrogen-bond acceptors (Lipinski definition) is 3. The van der Waals surface area contributed by atoms with Gasteiger partial charge in [-0.15, -0.1) is 0 Å². The molecule has 1 saturated heterocycles. The molecule has 0 aliphatic carbocycles. The Kier molecular flexibility index (Phi) is 2.41. The second-order valence-corrected chi connectivity index (χ2v) is 3.43. The molecule has 1 aliphatic heterocycles. The fraction of sp³-hybridized carbons (Fsp3) is 0.273. The summed E-state index contributed by atoms with van der Waals surface area (Å²) in [6, 6.07) is 9.28. The van der Waals surface area contributed by atoms with Crippen LogP contribution in [0.3, 0.4) is 0 Å². The van der Waals surface area contributed by atoms with Crippen LogP contribution in [-0.4, -0.2) is 18.1 Å². The zero-order chi connectivity index (χ0) is 10.8. The van der Waals surface area contributed by atoms with E-state index in [0.717, 1.165) is 5.56 Å². The lowest BCUT2D eigenvalue weighted by Gasteiger charge is -2.35. The molecule has 0 unspecified atom stereocenters. The summed E-state index contributed by atoms with van der Waals surface area (Å²) >= 11 is 0. The van der Waals surface area contributed by atoms with E-state index >= 15 is 0 Å². The summed E-state index contributed by atoms with van der Waals surface area (Å²) in [4.78, 5) is 22.1. The minimum Gasteiger partial charge on any atom is -0.441 e. The van der Waals surface area contributed by atoms with Crippen molar-refractivity contribution in [2.24, 2.45) is 0 Å². The molecule has 1 N–H and O–H groups in total. The third-order valence-corrected chi connectivity index (χ3v) is 2.32. The highest BCUT2D eigenvalue weighted by atomic mass is 16.6. The van der Waals surface area contributed by atoms with Gasteiger partial charge in [0.1, 0.15) is 5.92 Å². The predicted molar refractivity (Wildman–Crippen MR) is 52.9 cm³/mol. The van der Waals surface area contributed by atoms with E-state index in [1.807, 2.05) is 30.3 Å². The van der Waals surface area contributed by atoms with Crippen molar-refractivity contribution in [1.29, 1.82) is 0 Å². The van der Waals surface area contributed by atoms with E-state index in [2.05, 4.69) is 5.32 Å². The molecule has 1 aromatic carbocycles. The van der Waals surface area contributed by atoms with E-state index < -0.39 is 6.23 Å². The van der Waals surface area contributed by atoms with Gasteiger partial charge in [0.05, 0.1) is 0 Å². The summed E-state index contributed by atoms with van der Waals surface area (Å²) in [6.07, 6.45) is -0.516. The number of hydrogen-bond donors (Lipinski definition) is 1. The lowest BCUT2D eigenvalue weighted by Crippen LogP contribution is -2.58. The van der Waals surface area contributed by atoms with Crippen LogP contribution < -0.4 is 5.32 Å². The van der Waals surface area contributed by atoms with Gasteiger partial charge in [-0.1, -0.05) is 30.3 Å². The maximum atomic E-state index is 11.3. The normalized spacial score (nSPS) is 23.9. The molecule has 0 saturated carbocycles. The molecule has 78 valence electrons. The van der Waals surface area contributed by atoms with Crippen LogP contribution in [0.15, 0.2) is 30.3 Å². The number of carbonyl (C=O) groups is 2. The Bertz CT molecular complexity index is 388. The van der Waals surface area contributed by atoms with E-state index in [1.165, 1.54) is 6.92 Å². The molecular weight excluding hydrogens is 194 g/mol. The number of esters is 1. The average Bonchev–Trinajstić information content (AvgIpc) is 2.17. The Labute approximate surface area is 87.2 Å². The number of rotatable bonds is 2. The first-order valence-electron chi connectivity index (χ1n) is 4.71. The van der Waals surface area contributed by atoms with Crippen LogP contribution in [0.5, 0.6) is 0 Å². The largest absolute Gasteiger partial charge is 0.441 e. The van der Waals surface area contributed by atoms with Crippen LogP contribution in [0.4, 0.5) is 0 Å². The van der Waals surface area contributed by atoms with E-state index in [4.69, 9.17) is 4.74 Å². The number of carbonyl (C=O) groups excluding carboxylic acids is 2. The second-order valence-electron chi connectivity index (χ2n) is 3.43. The molecule has 0 radical (unpaired) electrons. The fourth-order valence-electron chi connectivity index (χ4n) is 1.62. The molecule has 0 bridgehead atoms. The topological polar surface area (TPSA) is 55.4 Å². The van der Waals surface area contributed by atoms with Gasteiger partial charge in [0.15, 0.2) is 6.23 Å². The number of ether oxygens (including phenoxy) is 1. The summed E-state index contributed by atoms with van der Waals surface area (Å²) in [5.41, 5.74) is 0.868. The van der Waals surface area contributed by atoms with Gasteiger partial charge < -0.3 is 10.1 Å². The molecule has 1 heterocycles. The minimum atomic E-state index is -0.516. The van der Waals surface area contributed by atoms with E-state index in [1.54, 1.807) is 0 Å². The Balaban J connectivity index is 2.14. The second kappa shape index (κ2) is 3.73. The number of nitrogens with one attached hydrogen (secondary N) is 1. The van der Waals surface area contributed by atoms with Crippen molar-refractivity contribution in [3.63, 3.8) is 0 Å². The third kappa shape index (κ3) is 1.83. The lowest BCUT2D eigenvalue weighted by molar-refractivity contribution is -0.161. The first kappa shape index (κ1) is 9.71. The van der Waals surface area contributed by atoms with Gasteiger partial charge >= 0.3 is 5.97 Å². The van der Waals surface area contributed by atoms with Gasteiger partial charge in [-0.25, -0.2) is 0 Å². The predicted octanol–water partition coefficient (Wildman–Crippen LogP) is 0.789. The Morgan fingerprint density at radius 3 is 2.53 bits per heavy atom. The Morgan fingerprint density at radius 1 is 1.33 bits per heavy atom. The van der Waals surface area contributed by atoms with Crippen molar-refractivity contribution in [3.05, 3.63) is 35.9 Å². The van der Waals surface area contributed by atoms with Gasteiger partial charge in [-0.3, -0.25) is 9.59 Å². The molecule has 2 rings (SSSR count). The van der Waals surface area contributed by atoms with Gasteiger partial charge in [0.2, 0.25) is 5.91 Å². The Hall–Kier alpha value is -1.84. The molecule has 0 aromatic heterocycles. The average molecular weight is 205 g/mol. The van der Waals surface area contributed by atoms with Crippen LogP contribution in [0.1, 0.15) is 18.4 Å². The molecule has 2 atom stereocenters. The zero-order valence-electron chi connectivity index (χ0n) is 8.27. The number of β-lactam (4-membered cyclic amide) rings is 1. The summed E-state index contributed by atoms with van der Waals surface area (Å²) < 4.78 is 4.95. The third-order valence-electron chi connectivity index (χ3n) is 2.32. The van der Waals surface area contributed by atoms with Crippen LogP contribution in [-0.2, 0) is 14.3 Å². The van der Waals surface area contributed by atoms with Crippen molar-refractivity contribution in [3.8, 4) is 0 Å². The number of benzene rings is 1. The molecule has 1 aromatic rings. The van der Waals surface area contributed by atoms with Crippen LogP contribution in [0.2, 0.25) is 0 Å². The highest BCUT2D eigenvalue weighted by Crippen LogP contribution is 2.27. The van der Waals surface area contributed by atoms with Crippen molar-refractivity contribution in [1.82, 2.24) is 5.32 Å². The highest BCUT2D eigenvalue weighted by Gasteiger charge is 2.42. The molecule has 0 spiro atoms. The van der Waals surface area contributed by atoms with Gasteiger partial charge in [-0.05, 0) is 5.56 Å². The van der Waals surface area contributed by atoms with Crippen molar-refractivity contribution < 1.29 is 14.3 Å². The molecule has 4 nitrogen and oxygen atoms in total. The van der Waals surface area contributed by atoms with E-state index in [-0.39, 0.29) is 17.8 Å². The molecule has 15 heavy (non-hydrogen) atoms.